The molecule has 0 fully saturated rings. The fourth-order valence-corrected chi connectivity index (χ4v) is 4.82. The molecule has 2 aromatic rings. The molecular weight excluding hydrogens is 408 g/mol. The van der Waals surface area contributed by atoms with Crippen molar-refractivity contribution in [1.82, 2.24) is 0 Å². The van der Waals surface area contributed by atoms with E-state index in [-0.39, 0.29) is 0 Å². The van der Waals surface area contributed by atoms with Gasteiger partial charge in [0.25, 0.3) is 0 Å². The molecule has 0 amide bonds. The Kier molecular flexibility index (Phi) is 3.60. The van der Waals surface area contributed by atoms with E-state index in [1.54, 1.807) is 0 Å². The number of hydrogen-bond acceptors (Lipinski definition) is 1. The Hall–Kier alpha value is -0.770. The smallest absolute Gasteiger partial charge is 0.0128 e. The number of halogens is 2. The highest BCUT2D eigenvalue weighted by Gasteiger charge is 2.13. The van der Waals surface area contributed by atoms with E-state index in [1.807, 2.05) is 11.8 Å². The minimum atomic E-state index is 1.03. The van der Waals surface area contributed by atoms with Crippen molar-refractivity contribution in [2.45, 2.75) is 22.6 Å². The van der Waals surface area contributed by atoms with E-state index in [4.69, 9.17) is 0 Å². The van der Waals surface area contributed by atoms with Gasteiger partial charge in [-0.1, -0.05) is 55.8 Å². The van der Waals surface area contributed by atoms with Gasteiger partial charge in [-0.15, -0.1) is 0 Å². The van der Waals surface area contributed by atoms with Gasteiger partial charge in [0, 0.05) is 31.6 Å². The zero-order valence-corrected chi connectivity index (χ0v) is 15.2. The third-order valence-electron chi connectivity index (χ3n) is 3.81. The number of allylic oxidation sites excluding steroid dienone is 2. The maximum absolute atomic E-state index is 3.59. The zero-order valence-electron chi connectivity index (χ0n) is 11.2. The van der Waals surface area contributed by atoms with Gasteiger partial charge in [-0.3, -0.25) is 0 Å². The van der Waals surface area contributed by atoms with Gasteiger partial charge in [0.1, 0.15) is 0 Å². The van der Waals surface area contributed by atoms with Crippen LogP contribution in [0.3, 0.4) is 0 Å². The molecule has 0 N–H and O–H groups in total. The Morgan fingerprint density at radius 1 is 0.714 bits per heavy atom. The highest BCUT2D eigenvalue weighted by atomic mass is 79.9. The van der Waals surface area contributed by atoms with Crippen LogP contribution in [0.5, 0.6) is 0 Å². The molecule has 104 valence electrons. The van der Waals surface area contributed by atoms with Crippen LogP contribution in [0.1, 0.15) is 22.3 Å². The molecular formula is C18H12Br2S. The zero-order chi connectivity index (χ0) is 14.4. The first-order valence-corrected chi connectivity index (χ1v) is 9.23. The summed E-state index contributed by atoms with van der Waals surface area (Å²) < 4.78 is 2.54. The molecule has 2 aliphatic rings. The van der Waals surface area contributed by atoms with Gasteiger partial charge in [0.05, 0.1) is 0 Å². The maximum atomic E-state index is 3.59. The van der Waals surface area contributed by atoms with Crippen LogP contribution in [-0.4, -0.2) is 0 Å². The van der Waals surface area contributed by atoms with E-state index in [2.05, 4.69) is 80.4 Å². The van der Waals surface area contributed by atoms with Crippen LogP contribution >= 0.6 is 43.6 Å². The molecule has 2 aliphatic carbocycles. The van der Waals surface area contributed by atoms with Gasteiger partial charge in [-0.05, 0) is 58.7 Å². The van der Waals surface area contributed by atoms with Crippen LogP contribution in [-0.2, 0) is 12.8 Å². The van der Waals surface area contributed by atoms with E-state index < -0.39 is 0 Å². The molecule has 21 heavy (non-hydrogen) atoms. The molecule has 0 atom stereocenters. The molecule has 3 heteroatoms. The second-order valence-corrected chi connectivity index (χ2v) is 8.54. The predicted octanol–water partition coefficient (Wildman–Crippen LogP) is 6.42. The Balaban J connectivity index is 1.62. The molecule has 0 saturated heterocycles. The molecule has 0 unspecified atom stereocenters. The van der Waals surface area contributed by atoms with Gasteiger partial charge in [0.15, 0.2) is 0 Å². The lowest BCUT2D eigenvalue weighted by Crippen LogP contribution is -1.84. The third kappa shape index (κ3) is 2.79. The SMILES string of the molecule is BrC1=Cc2cc(Sc3ccc4c(c3)C=C(Br)C4)ccc2C1. The summed E-state index contributed by atoms with van der Waals surface area (Å²) in [5.74, 6) is 0. The monoisotopic (exact) mass is 418 g/mol. The second kappa shape index (κ2) is 5.45. The minimum Gasteiger partial charge on any atom is -0.0901 e. The van der Waals surface area contributed by atoms with Crippen LogP contribution in [0.25, 0.3) is 12.2 Å². The summed E-state index contributed by atoms with van der Waals surface area (Å²) in [6.07, 6.45) is 6.50. The van der Waals surface area contributed by atoms with E-state index in [0.717, 1.165) is 12.8 Å². The van der Waals surface area contributed by atoms with Crippen molar-refractivity contribution in [2.75, 3.05) is 0 Å². The lowest BCUT2D eigenvalue weighted by molar-refractivity contribution is 1.26. The van der Waals surface area contributed by atoms with Gasteiger partial charge in [-0.2, -0.15) is 0 Å². The molecule has 0 aliphatic heterocycles. The fourth-order valence-electron chi connectivity index (χ4n) is 2.80. The van der Waals surface area contributed by atoms with Crippen LogP contribution in [0, 0.1) is 0 Å². The normalized spacial score (nSPS) is 15.5. The quantitative estimate of drug-likeness (QED) is 0.540. The van der Waals surface area contributed by atoms with E-state index in [0.29, 0.717) is 0 Å². The third-order valence-corrected chi connectivity index (χ3v) is 5.81. The molecule has 0 heterocycles. The number of rotatable bonds is 2. The van der Waals surface area contributed by atoms with Gasteiger partial charge in [-0.25, -0.2) is 0 Å². The molecule has 0 nitrogen and oxygen atoms in total. The van der Waals surface area contributed by atoms with Crippen LogP contribution in [0.4, 0.5) is 0 Å². The summed E-state index contributed by atoms with van der Waals surface area (Å²) in [6.45, 7) is 0. The first-order valence-electron chi connectivity index (χ1n) is 6.83. The van der Waals surface area contributed by atoms with Crippen molar-refractivity contribution in [2.24, 2.45) is 0 Å². The lowest BCUT2D eigenvalue weighted by atomic mass is 10.1. The standard InChI is InChI=1S/C18H12Br2S/c19-15-5-11-1-3-17(9-13(11)7-15)21-18-4-2-12-6-16(20)8-14(12)10-18/h1-4,7-10H,5-6H2. The van der Waals surface area contributed by atoms with Gasteiger partial charge >= 0.3 is 0 Å². The number of benzene rings is 2. The van der Waals surface area contributed by atoms with Crippen molar-refractivity contribution in [1.29, 1.82) is 0 Å². The molecule has 0 aromatic heterocycles. The topological polar surface area (TPSA) is 0 Å². The van der Waals surface area contributed by atoms with Crippen molar-refractivity contribution >= 4 is 55.8 Å². The molecule has 2 aromatic carbocycles. The number of fused-ring (bicyclic) bond motifs is 2. The largest absolute Gasteiger partial charge is 0.0901 e. The van der Waals surface area contributed by atoms with Crippen LogP contribution in [0.2, 0.25) is 0 Å². The Bertz CT molecular complexity index is 735. The molecule has 0 radical (unpaired) electrons. The van der Waals surface area contributed by atoms with Crippen LogP contribution in [0.15, 0.2) is 55.2 Å². The highest BCUT2D eigenvalue weighted by Crippen LogP contribution is 2.37. The summed E-state index contributed by atoms with van der Waals surface area (Å²) >= 11 is 9.02. The van der Waals surface area contributed by atoms with Crippen molar-refractivity contribution in [3.05, 3.63) is 67.6 Å². The first-order chi connectivity index (χ1) is 10.2. The molecule has 0 spiro atoms. The average molecular weight is 420 g/mol. The molecule has 4 rings (SSSR count). The molecule has 0 saturated carbocycles. The predicted molar refractivity (Wildman–Crippen MR) is 98.2 cm³/mol. The van der Waals surface area contributed by atoms with Crippen molar-refractivity contribution < 1.29 is 0 Å². The summed E-state index contributed by atoms with van der Waals surface area (Å²) in [6, 6.07) is 13.5. The van der Waals surface area contributed by atoms with Crippen molar-refractivity contribution in [3.8, 4) is 0 Å². The summed E-state index contributed by atoms with van der Waals surface area (Å²) in [5.41, 5.74) is 5.51. The van der Waals surface area contributed by atoms with E-state index >= 15 is 0 Å². The summed E-state index contributed by atoms with van der Waals surface area (Å²) in [5, 5.41) is 0. The van der Waals surface area contributed by atoms with Gasteiger partial charge < -0.3 is 0 Å². The summed E-state index contributed by atoms with van der Waals surface area (Å²) in [7, 11) is 0. The van der Waals surface area contributed by atoms with Gasteiger partial charge in [0.2, 0.25) is 0 Å². The second-order valence-electron chi connectivity index (χ2n) is 5.36. The lowest BCUT2D eigenvalue weighted by Gasteiger charge is -2.06. The summed E-state index contributed by atoms with van der Waals surface area (Å²) in [4.78, 5) is 2.60. The fraction of sp³-hybridized carbons (Fsp3) is 0.111. The number of hydrogen-bond donors (Lipinski definition) is 0. The Morgan fingerprint density at radius 2 is 1.19 bits per heavy atom. The van der Waals surface area contributed by atoms with E-state index in [9.17, 15) is 0 Å². The Morgan fingerprint density at radius 3 is 1.67 bits per heavy atom. The highest BCUT2D eigenvalue weighted by molar-refractivity contribution is 9.12. The van der Waals surface area contributed by atoms with Crippen molar-refractivity contribution in [3.63, 3.8) is 0 Å². The Labute approximate surface area is 145 Å². The average Bonchev–Trinajstić information content (AvgIpc) is 2.98. The van der Waals surface area contributed by atoms with E-state index in [1.165, 1.54) is 41.0 Å². The maximum Gasteiger partial charge on any atom is 0.0128 e. The minimum absolute atomic E-state index is 1.03. The molecule has 0 bridgehead atoms. The van der Waals surface area contributed by atoms with Crippen LogP contribution < -0.4 is 0 Å². The first kappa shape index (κ1) is 13.9.